The first-order valence-electron chi connectivity index (χ1n) is 11.9. The molecule has 0 aliphatic carbocycles. The van der Waals surface area contributed by atoms with Gasteiger partial charge in [-0.15, -0.1) is 0 Å². The number of esters is 5. The molecule has 1 aromatic rings. The molecule has 1 unspecified atom stereocenters. The smallest absolute Gasteiger partial charge is 0.339 e. The monoisotopic (exact) mass is 508 g/mol. The lowest BCUT2D eigenvalue weighted by Gasteiger charge is -2.43. The van der Waals surface area contributed by atoms with Crippen molar-refractivity contribution < 1.29 is 52.4 Å². The first kappa shape index (κ1) is 28.8. The third-order valence-electron chi connectivity index (χ3n) is 5.16. The van der Waals surface area contributed by atoms with Gasteiger partial charge in [-0.3, -0.25) is 19.2 Å². The SMILES string of the molecule is CCC(=O)OC1O[C@H](C(=O)OCc2ccccc2)[C@@H](OC(=O)CC)[C@H](OC(=O)CC)[C@H]1OC(=O)CC. The van der Waals surface area contributed by atoms with Crippen LogP contribution in [0.25, 0.3) is 0 Å². The maximum atomic E-state index is 13.1. The Balaban J connectivity index is 2.46. The molecule has 1 aliphatic rings. The summed E-state index contributed by atoms with van der Waals surface area (Å²) in [5, 5.41) is 0. The maximum Gasteiger partial charge on any atom is 0.339 e. The van der Waals surface area contributed by atoms with Crippen LogP contribution in [0.15, 0.2) is 30.3 Å². The van der Waals surface area contributed by atoms with Crippen molar-refractivity contribution in [1.29, 1.82) is 0 Å². The topological polar surface area (TPSA) is 141 Å². The number of carbonyl (C=O) groups is 5. The first-order chi connectivity index (χ1) is 17.2. The van der Waals surface area contributed by atoms with E-state index in [4.69, 9.17) is 28.4 Å². The zero-order chi connectivity index (χ0) is 26.7. The quantitative estimate of drug-likeness (QED) is 0.321. The van der Waals surface area contributed by atoms with Crippen LogP contribution in [0.1, 0.15) is 58.9 Å². The van der Waals surface area contributed by atoms with Crippen LogP contribution in [0.2, 0.25) is 0 Å². The predicted molar refractivity (Wildman–Crippen MR) is 122 cm³/mol. The van der Waals surface area contributed by atoms with Crippen LogP contribution >= 0.6 is 0 Å². The van der Waals surface area contributed by atoms with Crippen molar-refractivity contribution in [2.24, 2.45) is 0 Å². The average Bonchev–Trinajstić information content (AvgIpc) is 2.89. The van der Waals surface area contributed by atoms with Gasteiger partial charge in [-0.05, 0) is 5.56 Å². The molecule has 0 N–H and O–H groups in total. The molecule has 198 valence electrons. The Kier molecular flexibility index (Phi) is 11.3. The fourth-order valence-electron chi connectivity index (χ4n) is 3.21. The molecule has 0 radical (unpaired) electrons. The highest BCUT2D eigenvalue weighted by Crippen LogP contribution is 2.31. The van der Waals surface area contributed by atoms with Gasteiger partial charge in [-0.1, -0.05) is 58.0 Å². The van der Waals surface area contributed by atoms with Crippen LogP contribution in [0.5, 0.6) is 0 Å². The van der Waals surface area contributed by atoms with Crippen LogP contribution in [0, 0.1) is 0 Å². The highest BCUT2D eigenvalue weighted by molar-refractivity contribution is 5.78. The van der Waals surface area contributed by atoms with E-state index in [1.54, 1.807) is 30.3 Å². The van der Waals surface area contributed by atoms with Gasteiger partial charge in [0.15, 0.2) is 18.3 Å². The average molecular weight is 509 g/mol. The second-order valence-electron chi connectivity index (χ2n) is 7.79. The van der Waals surface area contributed by atoms with E-state index in [1.165, 1.54) is 27.7 Å². The Morgan fingerprint density at radius 1 is 0.667 bits per heavy atom. The Hall–Kier alpha value is -3.47. The molecule has 2 rings (SSSR count). The third-order valence-corrected chi connectivity index (χ3v) is 5.16. The third kappa shape index (κ3) is 8.04. The molecular weight excluding hydrogens is 476 g/mol. The largest absolute Gasteiger partial charge is 0.459 e. The summed E-state index contributed by atoms with van der Waals surface area (Å²) < 4.78 is 32.7. The molecule has 0 aromatic heterocycles. The van der Waals surface area contributed by atoms with Gasteiger partial charge < -0.3 is 28.4 Å². The minimum absolute atomic E-state index is 0.0505. The number of rotatable bonds is 11. The summed E-state index contributed by atoms with van der Waals surface area (Å²) in [6, 6.07) is 8.80. The lowest BCUT2D eigenvalue weighted by atomic mass is 9.97. The van der Waals surface area contributed by atoms with Gasteiger partial charge in [0.05, 0.1) is 0 Å². The molecule has 11 heteroatoms. The highest BCUT2D eigenvalue weighted by Gasteiger charge is 2.56. The lowest BCUT2D eigenvalue weighted by Crippen LogP contribution is -2.64. The molecule has 11 nitrogen and oxygen atoms in total. The number of ether oxygens (including phenoxy) is 6. The summed E-state index contributed by atoms with van der Waals surface area (Å²) in [7, 11) is 0. The van der Waals surface area contributed by atoms with E-state index in [9.17, 15) is 24.0 Å². The van der Waals surface area contributed by atoms with Gasteiger partial charge in [0.1, 0.15) is 6.61 Å². The molecule has 5 atom stereocenters. The number of benzene rings is 1. The number of carbonyl (C=O) groups excluding carboxylic acids is 5. The normalized spacial score (nSPS) is 23.2. The van der Waals surface area contributed by atoms with Gasteiger partial charge in [0.25, 0.3) is 0 Å². The zero-order valence-electron chi connectivity index (χ0n) is 20.8. The van der Waals surface area contributed by atoms with Gasteiger partial charge >= 0.3 is 29.8 Å². The first-order valence-corrected chi connectivity index (χ1v) is 11.9. The lowest BCUT2D eigenvalue weighted by molar-refractivity contribution is -0.296. The molecule has 1 fully saturated rings. The minimum atomic E-state index is -1.65. The Bertz CT molecular complexity index is 914. The fourth-order valence-corrected chi connectivity index (χ4v) is 3.21. The van der Waals surface area contributed by atoms with Crippen molar-refractivity contribution >= 4 is 29.8 Å². The Labute approximate surface area is 209 Å². The van der Waals surface area contributed by atoms with E-state index in [-0.39, 0.29) is 32.3 Å². The van der Waals surface area contributed by atoms with Crippen molar-refractivity contribution in [1.82, 2.24) is 0 Å². The van der Waals surface area contributed by atoms with Crippen molar-refractivity contribution in [3.05, 3.63) is 35.9 Å². The molecule has 0 amide bonds. The van der Waals surface area contributed by atoms with Gasteiger partial charge in [-0.2, -0.15) is 0 Å². The summed E-state index contributed by atoms with van der Waals surface area (Å²) in [6.45, 7) is 6.00. The zero-order valence-corrected chi connectivity index (χ0v) is 20.8. The second-order valence-corrected chi connectivity index (χ2v) is 7.79. The van der Waals surface area contributed by atoms with Gasteiger partial charge in [-0.25, -0.2) is 4.79 Å². The van der Waals surface area contributed by atoms with Gasteiger partial charge in [0, 0.05) is 25.7 Å². The van der Waals surface area contributed by atoms with Crippen LogP contribution in [-0.4, -0.2) is 60.6 Å². The molecule has 1 heterocycles. The molecule has 1 aliphatic heterocycles. The number of hydrogen-bond donors (Lipinski definition) is 0. The van der Waals surface area contributed by atoms with Crippen molar-refractivity contribution in [2.45, 2.75) is 90.7 Å². The summed E-state index contributed by atoms with van der Waals surface area (Å²) in [5.74, 6) is -3.86. The molecule has 36 heavy (non-hydrogen) atoms. The van der Waals surface area contributed by atoms with E-state index in [1.807, 2.05) is 0 Å². The number of hydrogen-bond acceptors (Lipinski definition) is 11. The predicted octanol–water partition coefficient (Wildman–Crippen LogP) is 2.37. The Morgan fingerprint density at radius 2 is 1.14 bits per heavy atom. The fraction of sp³-hybridized carbons (Fsp3) is 0.560. The van der Waals surface area contributed by atoms with Crippen LogP contribution in [-0.2, 0) is 59.0 Å². The van der Waals surface area contributed by atoms with E-state index >= 15 is 0 Å². The van der Waals surface area contributed by atoms with Crippen molar-refractivity contribution in [3.8, 4) is 0 Å². The van der Waals surface area contributed by atoms with Crippen LogP contribution in [0.3, 0.4) is 0 Å². The van der Waals surface area contributed by atoms with E-state index in [2.05, 4.69) is 0 Å². The second kappa shape index (κ2) is 14.2. The highest BCUT2D eigenvalue weighted by atomic mass is 16.7. The summed E-state index contributed by atoms with van der Waals surface area (Å²) in [5.41, 5.74) is 0.682. The molecule has 0 saturated carbocycles. The minimum Gasteiger partial charge on any atom is -0.459 e. The molecule has 0 spiro atoms. The standard InChI is InChI=1S/C25H32O11/c1-5-16(26)32-20-21(33-17(27)6-2)23(34-18(28)7-3)25(35-19(29)8-4)36-22(20)24(30)31-14-15-12-10-9-11-13-15/h9-13,20-23,25H,5-8,14H2,1-4H3/t20-,21-,22-,23+,25?/m0/s1. The van der Waals surface area contributed by atoms with E-state index < -0.39 is 60.6 Å². The van der Waals surface area contributed by atoms with Crippen LogP contribution < -0.4 is 0 Å². The Morgan fingerprint density at radius 3 is 1.67 bits per heavy atom. The molecule has 1 saturated heterocycles. The summed E-state index contributed by atoms with van der Waals surface area (Å²) in [6.07, 6.45) is -8.07. The maximum absolute atomic E-state index is 13.1. The summed E-state index contributed by atoms with van der Waals surface area (Å²) in [4.78, 5) is 61.9. The molecular formula is C25H32O11. The van der Waals surface area contributed by atoms with Crippen molar-refractivity contribution in [2.75, 3.05) is 0 Å². The molecule has 1 aromatic carbocycles. The van der Waals surface area contributed by atoms with E-state index in [0.717, 1.165) is 0 Å². The van der Waals surface area contributed by atoms with Crippen molar-refractivity contribution in [3.63, 3.8) is 0 Å². The molecule has 0 bridgehead atoms. The summed E-state index contributed by atoms with van der Waals surface area (Å²) >= 11 is 0. The van der Waals surface area contributed by atoms with Gasteiger partial charge in [0.2, 0.25) is 12.4 Å². The van der Waals surface area contributed by atoms with E-state index in [0.29, 0.717) is 5.56 Å². The van der Waals surface area contributed by atoms with Crippen LogP contribution in [0.4, 0.5) is 0 Å².